The Labute approximate surface area is 63.0 Å². The van der Waals surface area contributed by atoms with Gasteiger partial charge in [0.1, 0.15) is 6.10 Å². The number of aliphatic hydroxyl groups excluding tert-OH is 1. The van der Waals surface area contributed by atoms with Gasteiger partial charge in [-0.15, -0.1) is 0 Å². The van der Waals surface area contributed by atoms with Crippen molar-refractivity contribution in [2.75, 3.05) is 0 Å². The topological polar surface area (TPSA) is 121 Å². The normalized spacial score (nSPS) is 16.6. The van der Waals surface area contributed by atoms with Crippen molar-refractivity contribution in [1.29, 1.82) is 0 Å². The van der Waals surface area contributed by atoms with E-state index in [1.54, 1.807) is 0 Å². The molecule has 0 saturated carbocycles. The molecule has 6 nitrogen and oxygen atoms in total. The van der Waals surface area contributed by atoms with Crippen LogP contribution in [0, 0.1) is 0 Å². The number of hydrogen-bond acceptors (Lipinski definition) is 6. The summed E-state index contributed by atoms with van der Waals surface area (Å²) in [6.45, 7) is 1.37. The quantitative estimate of drug-likeness (QED) is 0.251. The third-order valence-electron chi connectivity index (χ3n) is 1.35. The molecule has 0 aromatic heterocycles. The Bertz CT molecular complexity index is 125. The van der Waals surface area contributed by atoms with Gasteiger partial charge in [-0.3, -0.25) is 0 Å². The van der Waals surface area contributed by atoms with Crippen molar-refractivity contribution in [3.8, 4) is 0 Å². The summed E-state index contributed by atoms with van der Waals surface area (Å²) in [6.07, 6.45) is -1.97. The highest BCUT2D eigenvalue weighted by Gasteiger charge is 2.51. The first kappa shape index (κ1) is 10.8. The lowest BCUT2D eigenvalue weighted by Gasteiger charge is -2.33. The van der Waals surface area contributed by atoms with Crippen molar-refractivity contribution in [3.63, 3.8) is 0 Å². The monoisotopic (exact) mass is 168 g/mol. The zero-order valence-corrected chi connectivity index (χ0v) is 5.97. The molecule has 0 saturated heterocycles. The van der Waals surface area contributed by atoms with E-state index in [1.807, 2.05) is 0 Å². The Morgan fingerprint density at radius 1 is 1.09 bits per heavy atom. The highest BCUT2D eigenvalue weighted by molar-refractivity contribution is 4.80. The molecule has 0 fully saturated rings. The smallest absolute Gasteiger partial charge is 0.335 e. The Morgan fingerprint density at radius 2 is 1.45 bits per heavy atom. The summed E-state index contributed by atoms with van der Waals surface area (Å²) < 4.78 is 0. The molecule has 0 aliphatic rings. The number of hydrogen-bond donors (Lipinski definition) is 6. The van der Waals surface area contributed by atoms with Crippen LogP contribution in [0.2, 0.25) is 0 Å². The zero-order chi connectivity index (χ0) is 9.28. The molecule has 0 radical (unpaired) electrons. The lowest BCUT2D eigenvalue weighted by molar-refractivity contribution is -0.463. The highest BCUT2D eigenvalue weighted by atomic mass is 16.7. The van der Waals surface area contributed by atoms with Crippen LogP contribution < -0.4 is 0 Å². The fourth-order valence-corrected chi connectivity index (χ4v) is 0.508. The molecule has 68 valence electrons. The maximum Gasteiger partial charge on any atom is 0.335 e. The molecule has 0 aromatic rings. The molecule has 6 N–H and O–H groups in total. The fraction of sp³-hybridized carbons (Fsp3) is 1.00. The van der Waals surface area contributed by atoms with Crippen LogP contribution in [-0.2, 0) is 0 Å². The molecule has 11 heavy (non-hydrogen) atoms. The van der Waals surface area contributed by atoms with Crippen LogP contribution in [-0.4, -0.2) is 48.5 Å². The van der Waals surface area contributed by atoms with Crippen molar-refractivity contribution in [3.05, 3.63) is 0 Å². The van der Waals surface area contributed by atoms with Gasteiger partial charge in [-0.25, -0.2) is 0 Å². The maximum atomic E-state index is 8.74. The van der Waals surface area contributed by atoms with Gasteiger partial charge in [0.25, 0.3) is 5.79 Å². The summed E-state index contributed by atoms with van der Waals surface area (Å²) in [4.78, 5) is 0. The first-order valence-electron chi connectivity index (χ1n) is 3.03. The van der Waals surface area contributed by atoms with Crippen molar-refractivity contribution >= 4 is 0 Å². The van der Waals surface area contributed by atoms with Crippen LogP contribution >= 0.6 is 0 Å². The Balaban J connectivity index is 4.45. The van der Waals surface area contributed by atoms with Crippen LogP contribution in [0.1, 0.15) is 13.3 Å². The minimum absolute atomic E-state index is 0.142. The highest BCUT2D eigenvalue weighted by Crippen LogP contribution is 2.19. The fourth-order valence-electron chi connectivity index (χ4n) is 0.508. The molecule has 0 bridgehead atoms. The molecule has 0 amide bonds. The van der Waals surface area contributed by atoms with Gasteiger partial charge >= 0.3 is 5.97 Å². The predicted octanol–water partition coefficient (Wildman–Crippen LogP) is -2.93. The third-order valence-corrected chi connectivity index (χ3v) is 1.35. The Kier molecular flexibility index (Phi) is 2.95. The maximum absolute atomic E-state index is 8.74. The van der Waals surface area contributed by atoms with Crippen molar-refractivity contribution in [1.82, 2.24) is 0 Å². The molecule has 0 spiro atoms. The zero-order valence-electron chi connectivity index (χ0n) is 5.97. The van der Waals surface area contributed by atoms with Gasteiger partial charge in [0.2, 0.25) is 0 Å². The molecule has 0 aliphatic heterocycles. The van der Waals surface area contributed by atoms with Gasteiger partial charge in [0.05, 0.1) is 0 Å². The molecule has 0 aromatic carbocycles. The van der Waals surface area contributed by atoms with E-state index in [2.05, 4.69) is 0 Å². The third kappa shape index (κ3) is 2.09. The minimum Gasteiger partial charge on any atom is -0.387 e. The van der Waals surface area contributed by atoms with Crippen LogP contribution in [0.25, 0.3) is 0 Å². The van der Waals surface area contributed by atoms with Crippen molar-refractivity contribution in [2.45, 2.75) is 31.2 Å². The molecule has 1 unspecified atom stereocenters. The second-order valence-corrected chi connectivity index (χ2v) is 2.29. The summed E-state index contributed by atoms with van der Waals surface area (Å²) in [5, 5.41) is 51.0. The average molecular weight is 168 g/mol. The molecular weight excluding hydrogens is 156 g/mol. The summed E-state index contributed by atoms with van der Waals surface area (Å²) in [5.74, 6) is -7.05. The molecular formula is C5H12O6. The SMILES string of the molecule is CCC(O)C(O)(O)C(O)(O)O. The van der Waals surface area contributed by atoms with E-state index < -0.39 is 17.9 Å². The van der Waals surface area contributed by atoms with Gasteiger partial charge < -0.3 is 30.6 Å². The average Bonchev–Trinajstić information content (AvgIpc) is 1.83. The van der Waals surface area contributed by atoms with Crippen LogP contribution in [0.5, 0.6) is 0 Å². The van der Waals surface area contributed by atoms with E-state index in [9.17, 15) is 0 Å². The van der Waals surface area contributed by atoms with Gasteiger partial charge in [-0.1, -0.05) is 6.92 Å². The van der Waals surface area contributed by atoms with E-state index in [-0.39, 0.29) is 6.42 Å². The summed E-state index contributed by atoms with van der Waals surface area (Å²) in [5.41, 5.74) is 0. The van der Waals surface area contributed by atoms with Gasteiger partial charge in [-0.2, -0.15) is 0 Å². The van der Waals surface area contributed by atoms with Crippen molar-refractivity contribution < 1.29 is 30.6 Å². The largest absolute Gasteiger partial charge is 0.387 e. The summed E-state index contributed by atoms with van der Waals surface area (Å²) >= 11 is 0. The predicted molar refractivity (Wildman–Crippen MR) is 32.9 cm³/mol. The van der Waals surface area contributed by atoms with E-state index >= 15 is 0 Å². The number of rotatable bonds is 3. The van der Waals surface area contributed by atoms with Gasteiger partial charge in [0, 0.05) is 0 Å². The van der Waals surface area contributed by atoms with Crippen LogP contribution in [0.4, 0.5) is 0 Å². The van der Waals surface area contributed by atoms with E-state index in [0.29, 0.717) is 0 Å². The summed E-state index contributed by atoms with van der Waals surface area (Å²) in [7, 11) is 0. The molecule has 0 aliphatic carbocycles. The Hall–Kier alpha value is -0.240. The Morgan fingerprint density at radius 3 is 1.55 bits per heavy atom. The van der Waals surface area contributed by atoms with Crippen LogP contribution in [0.3, 0.4) is 0 Å². The van der Waals surface area contributed by atoms with Gasteiger partial charge in [0.15, 0.2) is 0 Å². The molecule has 0 heterocycles. The minimum atomic E-state index is -3.72. The summed E-state index contributed by atoms with van der Waals surface area (Å²) in [6, 6.07) is 0. The first-order chi connectivity index (χ1) is 4.73. The molecule has 1 atom stereocenters. The second-order valence-electron chi connectivity index (χ2n) is 2.29. The molecule has 0 rings (SSSR count). The van der Waals surface area contributed by atoms with Gasteiger partial charge in [-0.05, 0) is 6.42 Å². The first-order valence-corrected chi connectivity index (χ1v) is 3.03. The van der Waals surface area contributed by atoms with Crippen molar-refractivity contribution in [2.24, 2.45) is 0 Å². The number of aliphatic hydroxyl groups is 6. The standard InChI is InChI=1S/C5H12O6/c1-2-3(6)4(7,8)5(9,10)11/h3,6-11H,2H2,1H3. The van der Waals surface area contributed by atoms with E-state index in [1.165, 1.54) is 6.92 Å². The lowest BCUT2D eigenvalue weighted by atomic mass is 10.1. The lowest BCUT2D eigenvalue weighted by Crippen LogP contribution is -2.61. The van der Waals surface area contributed by atoms with E-state index in [4.69, 9.17) is 30.6 Å². The van der Waals surface area contributed by atoms with Crippen LogP contribution in [0.15, 0.2) is 0 Å². The molecule has 6 heteroatoms. The van der Waals surface area contributed by atoms with E-state index in [0.717, 1.165) is 0 Å². The second kappa shape index (κ2) is 3.02.